The highest BCUT2D eigenvalue weighted by atomic mass is 32.1. The van der Waals surface area contributed by atoms with Crippen molar-refractivity contribution in [1.29, 1.82) is 0 Å². The second kappa shape index (κ2) is 6.18. The van der Waals surface area contributed by atoms with E-state index in [9.17, 15) is 8.42 Å². The largest absolute Gasteiger partial charge is 0.212 e. The van der Waals surface area contributed by atoms with E-state index in [2.05, 4.69) is 4.36 Å². The fourth-order valence-electron chi connectivity index (χ4n) is 1.62. The summed E-state index contributed by atoms with van der Waals surface area (Å²) in [6.45, 7) is 0. The van der Waals surface area contributed by atoms with E-state index in [4.69, 9.17) is 0 Å². The van der Waals surface area contributed by atoms with Crippen LogP contribution in [0.3, 0.4) is 0 Å². The van der Waals surface area contributed by atoms with Crippen LogP contribution < -0.4 is 0 Å². The molecule has 2 aromatic rings. The Labute approximate surface area is 112 Å². The first kappa shape index (κ1) is 12.6. The van der Waals surface area contributed by atoms with E-state index in [1.165, 1.54) is 0 Å². The van der Waals surface area contributed by atoms with Crippen LogP contribution in [0.15, 0.2) is 59.0 Å². The van der Waals surface area contributed by atoms with Crippen molar-refractivity contribution in [3.8, 4) is 0 Å². The van der Waals surface area contributed by atoms with Crippen molar-refractivity contribution in [3.05, 3.63) is 65.7 Å². The third kappa shape index (κ3) is 2.69. The first-order valence-corrected chi connectivity index (χ1v) is 6.62. The van der Waals surface area contributed by atoms with Gasteiger partial charge in [0.15, 0.2) is 0 Å². The molecule has 2 rings (SSSR count). The molecule has 0 heterocycles. The second-order valence-electron chi connectivity index (χ2n) is 3.46. The predicted octanol–water partition coefficient (Wildman–Crippen LogP) is 2.50. The van der Waals surface area contributed by atoms with Crippen LogP contribution in [0.1, 0.15) is 11.1 Å². The molecule has 0 aliphatic carbocycles. The number of benzene rings is 2. The lowest BCUT2D eigenvalue weighted by Gasteiger charge is -2.05. The van der Waals surface area contributed by atoms with E-state index in [1.54, 1.807) is 18.2 Å². The molecule has 0 aliphatic rings. The molecular weight excluding hydrogens is 266 g/mol. The molecule has 0 bridgehead atoms. The minimum Gasteiger partial charge on any atom is -0.212 e. The van der Waals surface area contributed by atoms with E-state index in [-0.39, 0.29) is 11.5 Å². The molecule has 0 atom stereocenters. The van der Waals surface area contributed by atoms with Crippen molar-refractivity contribution in [3.63, 3.8) is 0 Å². The number of hydrogen-bond donors (Lipinski definition) is 0. The van der Waals surface area contributed by atoms with Crippen molar-refractivity contribution in [2.75, 3.05) is 0 Å². The molecule has 0 aromatic heterocycles. The van der Waals surface area contributed by atoms with Crippen molar-refractivity contribution in [2.45, 2.75) is 0 Å². The lowest BCUT2D eigenvalue weighted by Crippen LogP contribution is -2.02. The Balaban J connectivity index is 2.60. The van der Waals surface area contributed by atoms with Gasteiger partial charge in [-0.3, -0.25) is 0 Å². The highest BCUT2D eigenvalue weighted by molar-refractivity contribution is 7.67. The molecule has 0 unspecified atom stereocenters. The maximum atomic E-state index is 11.3. The molecular formula is C13H9NO2S2. The summed E-state index contributed by atoms with van der Waals surface area (Å²) in [7, 11) is 0. The molecule has 0 aliphatic heterocycles. The Kier molecular flexibility index (Phi) is 4.33. The average molecular weight is 275 g/mol. The molecule has 0 saturated carbocycles. The summed E-state index contributed by atoms with van der Waals surface area (Å²) < 4.78 is 25.7. The fraction of sp³-hybridized carbons (Fsp3) is 0. The first-order chi connectivity index (χ1) is 8.86. The Hall–Kier alpha value is -1.85. The Morgan fingerprint density at radius 2 is 1.56 bits per heavy atom. The minimum atomic E-state index is 0.142. The van der Waals surface area contributed by atoms with Gasteiger partial charge in [0.25, 0.3) is 0 Å². The third-order valence-corrected chi connectivity index (χ3v) is 3.30. The quantitative estimate of drug-likeness (QED) is 0.638. The normalized spacial score (nSPS) is 9.56. The number of nitrogens with zero attached hydrogens (tertiary/aromatic N) is 1. The molecule has 3 nitrogen and oxygen atoms in total. The van der Waals surface area contributed by atoms with Crippen LogP contribution in [0.2, 0.25) is 0 Å². The Morgan fingerprint density at radius 1 is 0.889 bits per heavy atom. The van der Waals surface area contributed by atoms with Crippen LogP contribution in [0, 0.1) is 0 Å². The second-order valence-corrected chi connectivity index (χ2v) is 4.37. The maximum absolute atomic E-state index is 11.3. The molecule has 18 heavy (non-hydrogen) atoms. The minimum absolute atomic E-state index is 0.142. The van der Waals surface area contributed by atoms with Crippen LogP contribution in [0.5, 0.6) is 0 Å². The third-order valence-electron chi connectivity index (χ3n) is 2.40. The summed E-state index contributed by atoms with van der Waals surface area (Å²) in [6, 6.07) is 16.5. The van der Waals surface area contributed by atoms with E-state index < -0.39 is 0 Å². The SMILES string of the molecule is O=S=Nc1ccccc1C(=S=O)c1ccccc1. The van der Waals surface area contributed by atoms with E-state index in [0.717, 1.165) is 5.56 Å². The topological polar surface area (TPSA) is 46.5 Å². The molecule has 0 fully saturated rings. The summed E-state index contributed by atoms with van der Waals surface area (Å²) >= 11 is 0.554. The van der Waals surface area contributed by atoms with Gasteiger partial charge >= 0.3 is 0 Å². The van der Waals surface area contributed by atoms with Crippen molar-refractivity contribution >= 4 is 33.3 Å². The summed E-state index contributed by atoms with van der Waals surface area (Å²) in [4.78, 5) is 0.573. The van der Waals surface area contributed by atoms with E-state index >= 15 is 0 Å². The van der Waals surface area contributed by atoms with Gasteiger partial charge in [0, 0.05) is 5.56 Å². The van der Waals surface area contributed by atoms with Gasteiger partial charge in [-0.25, -0.2) is 4.21 Å². The monoisotopic (exact) mass is 275 g/mol. The molecule has 0 saturated heterocycles. The zero-order valence-corrected chi connectivity index (χ0v) is 10.9. The van der Waals surface area contributed by atoms with Gasteiger partial charge < -0.3 is 0 Å². The standard InChI is InChI=1S/C13H9NO2S2/c15-17-13(10-6-2-1-3-7-10)11-8-4-5-9-12(11)14-18-16/h1-9H. The highest BCUT2D eigenvalue weighted by Gasteiger charge is 2.10. The van der Waals surface area contributed by atoms with Gasteiger partial charge in [-0.2, -0.15) is 8.57 Å². The maximum Gasteiger partial charge on any atom is 0.205 e. The number of rotatable bonds is 3. The summed E-state index contributed by atoms with van der Waals surface area (Å²) in [6.07, 6.45) is 0. The average Bonchev–Trinajstić information content (AvgIpc) is 2.43. The molecule has 90 valence electrons. The fourth-order valence-corrected chi connectivity index (χ4v) is 2.36. The molecule has 0 spiro atoms. The van der Waals surface area contributed by atoms with Gasteiger partial charge in [-0.05, 0) is 11.6 Å². The Morgan fingerprint density at radius 3 is 2.22 bits per heavy atom. The van der Waals surface area contributed by atoms with Crippen molar-refractivity contribution < 1.29 is 8.42 Å². The zero-order valence-electron chi connectivity index (χ0n) is 9.28. The van der Waals surface area contributed by atoms with Crippen LogP contribution in [-0.2, 0) is 22.7 Å². The van der Waals surface area contributed by atoms with E-state index in [1.807, 2.05) is 36.4 Å². The van der Waals surface area contributed by atoms with Crippen LogP contribution >= 0.6 is 0 Å². The molecule has 5 heteroatoms. The first-order valence-electron chi connectivity index (χ1n) is 5.18. The zero-order chi connectivity index (χ0) is 12.8. The van der Waals surface area contributed by atoms with Gasteiger partial charge in [0.2, 0.25) is 11.5 Å². The van der Waals surface area contributed by atoms with Crippen LogP contribution in [-0.4, -0.2) is 13.3 Å². The lowest BCUT2D eigenvalue weighted by molar-refractivity contribution is 0.698. The number of hydrogen-bond acceptors (Lipinski definition) is 3. The van der Waals surface area contributed by atoms with Crippen LogP contribution in [0.4, 0.5) is 5.69 Å². The summed E-state index contributed by atoms with van der Waals surface area (Å²) in [5.74, 6) is 0. The van der Waals surface area contributed by atoms with Gasteiger partial charge in [0.1, 0.15) is 0 Å². The van der Waals surface area contributed by atoms with Gasteiger partial charge in [0.05, 0.1) is 21.8 Å². The molecule has 2 aromatic carbocycles. The van der Waals surface area contributed by atoms with Gasteiger partial charge in [-0.1, -0.05) is 48.5 Å². The molecule has 0 amide bonds. The summed E-state index contributed by atoms with van der Waals surface area (Å²) in [5.41, 5.74) is 2.04. The highest BCUT2D eigenvalue weighted by Crippen LogP contribution is 2.21. The summed E-state index contributed by atoms with van der Waals surface area (Å²) in [5, 5.41) is 0. The van der Waals surface area contributed by atoms with Crippen LogP contribution in [0.25, 0.3) is 0 Å². The van der Waals surface area contributed by atoms with Crippen molar-refractivity contribution in [2.24, 2.45) is 4.36 Å². The Bertz CT molecular complexity index is 658. The lowest BCUT2D eigenvalue weighted by atomic mass is 10.0. The van der Waals surface area contributed by atoms with E-state index in [0.29, 0.717) is 27.4 Å². The predicted molar refractivity (Wildman–Crippen MR) is 74.5 cm³/mol. The molecule has 0 radical (unpaired) electrons. The van der Waals surface area contributed by atoms with Crippen molar-refractivity contribution in [1.82, 2.24) is 0 Å². The van der Waals surface area contributed by atoms with Gasteiger partial charge in [-0.15, -0.1) is 0 Å². The smallest absolute Gasteiger partial charge is 0.205 e. The molecule has 0 N–H and O–H groups in total.